The average Bonchev–Trinajstić information content (AvgIpc) is 2.84. The van der Waals surface area contributed by atoms with E-state index in [1.54, 1.807) is 42.5 Å². The Bertz CT molecular complexity index is 644. The number of hydrogen-bond donors (Lipinski definition) is 0. The molecule has 0 saturated heterocycles. The van der Waals surface area contributed by atoms with Crippen LogP contribution < -0.4 is 9.31 Å². The van der Waals surface area contributed by atoms with E-state index in [9.17, 15) is 8.42 Å². The van der Waals surface area contributed by atoms with Crippen LogP contribution in [0.5, 0.6) is 11.5 Å². The minimum Gasteiger partial charge on any atom is -0.511 e. The van der Waals surface area contributed by atoms with Crippen molar-refractivity contribution in [2.75, 3.05) is 0 Å². The summed E-state index contributed by atoms with van der Waals surface area (Å²) >= 11 is 0. The van der Waals surface area contributed by atoms with Gasteiger partial charge in [0.05, 0.1) is 4.90 Å². The lowest BCUT2D eigenvalue weighted by Crippen LogP contribution is -2.35. The first-order valence-electron chi connectivity index (χ1n) is 5.39. The van der Waals surface area contributed by atoms with Gasteiger partial charge >= 0.3 is 6.40 Å². The van der Waals surface area contributed by atoms with Gasteiger partial charge in [0, 0.05) is 0 Å². The van der Waals surface area contributed by atoms with Crippen molar-refractivity contribution in [3.05, 3.63) is 54.6 Å². The molecule has 0 N–H and O–H groups in total. The fourth-order valence-corrected chi connectivity index (χ4v) is 2.94. The molecule has 0 fully saturated rings. The predicted molar refractivity (Wildman–Crippen MR) is 67.1 cm³/mol. The van der Waals surface area contributed by atoms with Gasteiger partial charge in [0.15, 0.2) is 0 Å². The lowest BCUT2D eigenvalue weighted by atomic mass is 10.3. The molecule has 2 aromatic rings. The molecule has 4 nitrogen and oxygen atoms in total. The molecular weight excluding hydrogens is 251 g/mol. The van der Waals surface area contributed by atoms with Crippen LogP contribution in [0.25, 0.3) is 0 Å². The van der Waals surface area contributed by atoms with E-state index in [4.69, 9.17) is 9.31 Å². The van der Waals surface area contributed by atoms with E-state index in [1.807, 2.05) is 0 Å². The molecule has 0 saturated carbocycles. The fraction of sp³-hybridized carbons (Fsp3) is 0. The van der Waals surface area contributed by atoms with Crippen molar-refractivity contribution in [3.8, 4) is 11.5 Å². The second kappa shape index (κ2) is 4.06. The molecule has 1 heterocycles. The Hall–Kier alpha value is -1.95. The molecule has 18 heavy (non-hydrogen) atoms. The van der Waals surface area contributed by atoms with Crippen molar-refractivity contribution in [2.45, 2.75) is 4.90 Å². The van der Waals surface area contributed by atoms with E-state index < -0.39 is 16.1 Å². The highest BCUT2D eigenvalue weighted by Crippen LogP contribution is 2.35. The van der Waals surface area contributed by atoms with Gasteiger partial charge in [-0.2, -0.15) is 0 Å². The standard InChI is InChI=1S/C12H9BO4S/c14-18(15,10-6-2-1-3-7-10)13-16-11-8-4-5-9-12(11)17-13/h1-9H. The largest absolute Gasteiger partial charge is 0.739 e. The van der Waals surface area contributed by atoms with Crippen molar-refractivity contribution >= 4 is 16.1 Å². The van der Waals surface area contributed by atoms with Crippen molar-refractivity contribution in [1.29, 1.82) is 0 Å². The SMILES string of the molecule is O=S(=O)(B1Oc2ccccc2O1)c1ccccc1. The fourth-order valence-electron chi connectivity index (χ4n) is 1.72. The van der Waals surface area contributed by atoms with E-state index in [2.05, 4.69) is 0 Å². The molecule has 3 rings (SSSR count). The van der Waals surface area contributed by atoms with Crippen molar-refractivity contribution in [3.63, 3.8) is 0 Å². The summed E-state index contributed by atoms with van der Waals surface area (Å²) in [6.45, 7) is 0. The zero-order valence-electron chi connectivity index (χ0n) is 9.31. The molecule has 1 aliphatic rings. The molecule has 0 amide bonds. The summed E-state index contributed by atoms with van der Waals surface area (Å²) in [5.41, 5.74) is 0. The lowest BCUT2D eigenvalue weighted by Gasteiger charge is -2.05. The average molecular weight is 260 g/mol. The molecule has 0 aliphatic carbocycles. The zero-order valence-corrected chi connectivity index (χ0v) is 10.1. The van der Waals surface area contributed by atoms with Gasteiger partial charge in [0.2, 0.25) is 9.69 Å². The monoisotopic (exact) mass is 260 g/mol. The van der Waals surface area contributed by atoms with E-state index in [0.29, 0.717) is 11.5 Å². The van der Waals surface area contributed by atoms with E-state index >= 15 is 0 Å². The number of fused-ring (bicyclic) bond motifs is 1. The third-order valence-corrected chi connectivity index (χ3v) is 4.25. The molecule has 0 unspecified atom stereocenters. The van der Waals surface area contributed by atoms with Crippen molar-refractivity contribution in [2.24, 2.45) is 0 Å². The Morgan fingerprint density at radius 1 is 0.778 bits per heavy atom. The van der Waals surface area contributed by atoms with Crippen LogP contribution in [-0.4, -0.2) is 14.8 Å². The van der Waals surface area contributed by atoms with Gasteiger partial charge in [-0.1, -0.05) is 30.3 Å². The first-order valence-corrected chi connectivity index (χ1v) is 6.94. The number of rotatable bonds is 2. The summed E-state index contributed by atoms with van der Waals surface area (Å²) < 4.78 is 35.1. The van der Waals surface area contributed by atoms with E-state index in [1.165, 1.54) is 12.1 Å². The summed E-state index contributed by atoms with van der Waals surface area (Å²) in [5.74, 6) is 0.893. The third-order valence-electron chi connectivity index (χ3n) is 2.62. The Morgan fingerprint density at radius 3 is 1.83 bits per heavy atom. The Morgan fingerprint density at radius 2 is 1.28 bits per heavy atom. The highest BCUT2D eigenvalue weighted by molar-refractivity contribution is 8.17. The molecule has 6 heteroatoms. The second-order valence-corrected chi connectivity index (χ2v) is 5.78. The van der Waals surface area contributed by atoms with E-state index in [0.717, 1.165) is 0 Å². The maximum absolute atomic E-state index is 12.3. The molecule has 1 aliphatic heterocycles. The van der Waals surface area contributed by atoms with E-state index in [-0.39, 0.29) is 4.90 Å². The van der Waals surface area contributed by atoms with Crippen LogP contribution >= 0.6 is 0 Å². The molecule has 0 radical (unpaired) electrons. The Labute approximate surface area is 105 Å². The second-order valence-electron chi connectivity index (χ2n) is 3.83. The normalized spacial score (nSPS) is 13.7. The quantitative estimate of drug-likeness (QED) is 0.774. The molecule has 2 aromatic carbocycles. The van der Waals surface area contributed by atoms with Crippen LogP contribution in [0.15, 0.2) is 59.5 Å². The first-order chi connectivity index (χ1) is 8.68. The van der Waals surface area contributed by atoms with Crippen LogP contribution in [-0.2, 0) is 9.69 Å². The molecule has 0 atom stereocenters. The molecule has 90 valence electrons. The van der Waals surface area contributed by atoms with Crippen LogP contribution in [0.2, 0.25) is 0 Å². The van der Waals surface area contributed by atoms with Gasteiger partial charge < -0.3 is 9.31 Å². The Balaban J connectivity index is 1.95. The number of benzene rings is 2. The van der Waals surface area contributed by atoms with Crippen LogP contribution in [0, 0.1) is 0 Å². The van der Waals surface area contributed by atoms with Gasteiger partial charge in [0.1, 0.15) is 11.5 Å². The van der Waals surface area contributed by atoms with Crippen molar-refractivity contribution in [1.82, 2.24) is 0 Å². The van der Waals surface area contributed by atoms with Crippen LogP contribution in [0.4, 0.5) is 0 Å². The summed E-state index contributed by atoms with van der Waals surface area (Å²) in [4.78, 5) is 0.183. The summed E-state index contributed by atoms with van der Waals surface area (Å²) in [6, 6.07) is 15.0. The van der Waals surface area contributed by atoms with Gasteiger partial charge in [-0.15, -0.1) is 0 Å². The summed E-state index contributed by atoms with van der Waals surface area (Å²) in [7, 11) is -3.65. The zero-order chi connectivity index (χ0) is 12.6. The highest BCUT2D eigenvalue weighted by atomic mass is 32.2. The summed E-state index contributed by atoms with van der Waals surface area (Å²) in [5, 5.41) is 0. The topological polar surface area (TPSA) is 52.6 Å². The number of hydrogen-bond acceptors (Lipinski definition) is 4. The smallest absolute Gasteiger partial charge is 0.511 e. The third kappa shape index (κ3) is 1.74. The minimum absolute atomic E-state index is 0.183. The van der Waals surface area contributed by atoms with Crippen LogP contribution in [0.1, 0.15) is 0 Å². The lowest BCUT2D eigenvalue weighted by molar-refractivity contribution is 0.513. The van der Waals surface area contributed by atoms with Gasteiger partial charge in [-0.05, 0) is 24.3 Å². The predicted octanol–water partition coefficient (Wildman–Crippen LogP) is 1.92. The minimum atomic E-state index is -3.65. The molecule has 0 spiro atoms. The Kier molecular flexibility index (Phi) is 2.52. The maximum Gasteiger partial charge on any atom is 0.739 e. The van der Waals surface area contributed by atoms with Gasteiger partial charge in [-0.25, -0.2) is 8.42 Å². The summed E-state index contributed by atoms with van der Waals surface area (Å²) in [6.07, 6.45) is -1.31. The highest BCUT2D eigenvalue weighted by Gasteiger charge is 2.47. The maximum atomic E-state index is 12.3. The van der Waals surface area contributed by atoms with Gasteiger partial charge in [-0.3, -0.25) is 0 Å². The first kappa shape index (κ1) is 11.2. The number of para-hydroxylation sites is 2. The van der Waals surface area contributed by atoms with Crippen LogP contribution in [0.3, 0.4) is 0 Å². The molecule has 0 bridgehead atoms. The molecule has 0 aromatic heterocycles. The molecular formula is C12H9BO4S. The van der Waals surface area contributed by atoms with Gasteiger partial charge in [0.25, 0.3) is 0 Å². The van der Waals surface area contributed by atoms with Crippen molar-refractivity contribution < 1.29 is 17.7 Å².